The third-order valence-electron chi connectivity index (χ3n) is 8.97. The van der Waals surface area contributed by atoms with Crippen LogP contribution in [-0.4, -0.2) is 49.1 Å². The van der Waals surface area contributed by atoms with E-state index in [0.717, 1.165) is 5.56 Å². The largest absolute Gasteiger partial charge is 0.490 e. The first-order valence-electron chi connectivity index (χ1n) is 15.9. The minimum absolute atomic E-state index is 0.00926. The number of hydrogen-bond donors (Lipinski definition) is 1. The monoisotopic (exact) mass is 661 g/mol. The van der Waals surface area contributed by atoms with Gasteiger partial charge in [-0.15, -0.1) is 6.58 Å². The van der Waals surface area contributed by atoms with Gasteiger partial charge in [-0.3, -0.25) is 14.4 Å². The summed E-state index contributed by atoms with van der Waals surface area (Å²) in [6.45, 7) is 15.3. The van der Waals surface area contributed by atoms with Gasteiger partial charge in [0.2, 0.25) is 0 Å². The van der Waals surface area contributed by atoms with Crippen molar-refractivity contribution in [3.63, 3.8) is 0 Å². The van der Waals surface area contributed by atoms with Crippen molar-refractivity contribution in [2.24, 2.45) is 10.8 Å². The second kappa shape index (κ2) is 12.4. The van der Waals surface area contributed by atoms with Gasteiger partial charge in [0.25, 0.3) is 0 Å². The summed E-state index contributed by atoms with van der Waals surface area (Å²) in [6, 6.07) is 9.75. The Bertz CT molecular complexity index is 1780. The second-order valence-corrected chi connectivity index (χ2v) is 15.8. The fourth-order valence-corrected chi connectivity index (χ4v) is 8.06. The van der Waals surface area contributed by atoms with Gasteiger partial charge in [-0.2, -0.15) is 8.42 Å². The van der Waals surface area contributed by atoms with E-state index < -0.39 is 32.8 Å². The highest BCUT2D eigenvalue weighted by molar-refractivity contribution is 7.87. The average molecular weight is 662 g/mol. The maximum Gasteiger partial charge on any atom is 0.339 e. The Morgan fingerprint density at radius 3 is 2.02 bits per heavy atom. The molecule has 2 aliphatic carbocycles. The van der Waals surface area contributed by atoms with Crippen LogP contribution in [-0.2, 0) is 30.9 Å². The van der Waals surface area contributed by atoms with Crippen molar-refractivity contribution in [2.45, 2.75) is 84.5 Å². The van der Waals surface area contributed by atoms with Crippen LogP contribution in [0.2, 0.25) is 0 Å². The van der Waals surface area contributed by atoms with Gasteiger partial charge < -0.3 is 18.9 Å². The second-order valence-electron chi connectivity index (χ2n) is 14.3. The summed E-state index contributed by atoms with van der Waals surface area (Å²) in [4.78, 5) is 42.1. The van der Waals surface area contributed by atoms with E-state index in [-0.39, 0.29) is 60.4 Å². The molecule has 0 fully saturated rings. The van der Waals surface area contributed by atoms with Crippen LogP contribution >= 0.6 is 0 Å². The molecule has 1 N–H and O–H groups in total. The molecule has 3 aliphatic rings. The Balaban J connectivity index is 1.77. The van der Waals surface area contributed by atoms with Crippen molar-refractivity contribution in [3.8, 4) is 11.5 Å². The number of nitrogens with zero attached hydrogens (tertiary/aromatic N) is 1. The van der Waals surface area contributed by atoms with E-state index >= 15 is 0 Å². The molecule has 0 unspecified atom stereocenters. The minimum atomic E-state index is -4.25. The molecule has 5 rings (SSSR count). The first-order chi connectivity index (χ1) is 22.0. The standard InChI is InChI=1S/C37H43NO8S/c1-8-10-23-15-24(16-30(45-9-2)35(23)46-47(43,44)25-13-11-22(3)12-14-25)32-33-26(17-36(4,5)19-28(33)39)38(21-31(41)42)27-18-37(6,7)20-29(40)34(27)32/h8,11-16,32H,1,9-10,17-21H2,2-7H3,(H,41,42). The molecule has 0 atom stereocenters. The van der Waals surface area contributed by atoms with E-state index in [4.69, 9.17) is 8.92 Å². The van der Waals surface area contributed by atoms with Gasteiger partial charge in [0.15, 0.2) is 23.1 Å². The number of ether oxygens (including phenoxy) is 1. The van der Waals surface area contributed by atoms with Gasteiger partial charge in [0.1, 0.15) is 11.4 Å². The van der Waals surface area contributed by atoms with Crippen molar-refractivity contribution in [3.05, 3.63) is 88.3 Å². The molecule has 2 aromatic carbocycles. The lowest BCUT2D eigenvalue weighted by molar-refractivity contribution is -0.138. The summed E-state index contributed by atoms with van der Waals surface area (Å²) in [5.41, 5.74) is 3.14. The Kier molecular flexibility index (Phi) is 9.05. The van der Waals surface area contributed by atoms with E-state index in [2.05, 4.69) is 6.58 Å². The SMILES string of the molecule is C=CCc1cc(C2C3=C(CC(C)(C)CC3=O)N(CC(=O)O)C3=C2C(=O)CC(C)(C)C3)cc(OCC)c1OS(=O)(=O)c1ccc(C)cc1. The normalized spacial score (nSPS) is 19.3. The number of hydrogen-bond acceptors (Lipinski definition) is 8. The predicted octanol–water partition coefficient (Wildman–Crippen LogP) is 6.66. The third kappa shape index (κ3) is 6.79. The lowest BCUT2D eigenvalue weighted by Crippen LogP contribution is -2.45. The molecule has 0 saturated heterocycles. The number of carboxylic acid groups (broad SMARTS) is 1. The Morgan fingerprint density at radius 2 is 1.53 bits per heavy atom. The van der Waals surface area contributed by atoms with Gasteiger partial charge >= 0.3 is 16.1 Å². The lowest BCUT2D eigenvalue weighted by atomic mass is 9.63. The highest BCUT2D eigenvalue weighted by Gasteiger charge is 2.49. The van der Waals surface area contributed by atoms with Crippen LogP contribution < -0.4 is 8.92 Å². The summed E-state index contributed by atoms with van der Waals surface area (Å²) < 4.78 is 38.7. The highest BCUT2D eigenvalue weighted by atomic mass is 32.2. The van der Waals surface area contributed by atoms with E-state index in [1.165, 1.54) is 12.1 Å². The zero-order valence-electron chi connectivity index (χ0n) is 27.9. The lowest BCUT2D eigenvalue weighted by Gasteiger charge is -2.48. The molecule has 250 valence electrons. The molecule has 0 aromatic heterocycles. The van der Waals surface area contributed by atoms with Crippen molar-refractivity contribution in [1.29, 1.82) is 0 Å². The number of aryl methyl sites for hydroxylation is 1. The fraction of sp³-hybridized carbons (Fsp3) is 0.432. The zero-order valence-corrected chi connectivity index (χ0v) is 28.8. The molecule has 47 heavy (non-hydrogen) atoms. The maximum absolute atomic E-state index is 14.1. The number of benzene rings is 2. The fourth-order valence-electron chi connectivity index (χ4n) is 7.08. The molecular weight excluding hydrogens is 618 g/mol. The summed E-state index contributed by atoms with van der Waals surface area (Å²) in [5, 5.41) is 9.99. The van der Waals surface area contributed by atoms with Gasteiger partial charge in [-0.1, -0.05) is 57.5 Å². The van der Waals surface area contributed by atoms with E-state index in [9.17, 15) is 27.9 Å². The molecule has 0 saturated carbocycles. The van der Waals surface area contributed by atoms with Gasteiger partial charge in [-0.25, -0.2) is 0 Å². The van der Waals surface area contributed by atoms with Gasteiger partial charge in [0, 0.05) is 46.9 Å². The molecule has 0 radical (unpaired) electrons. The molecular formula is C37H43NO8S. The van der Waals surface area contributed by atoms with Gasteiger partial charge in [0.05, 0.1) is 6.61 Å². The third-order valence-corrected chi connectivity index (χ3v) is 10.2. The summed E-state index contributed by atoms with van der Waals surface area (Å²) >= 11 is 0. The van der Waals surface area contributed by atoms with Crippen molar-refractivity contribution in [2.75, 3.05) is 13.2 Å². The molecule has 9 nitrogen and oxygen atoms in total. The van der Waals surface area contributed by atoms with Crippen LogP contribution in [0.5, 0.6) is 11.5 Å². The number of rotatable bonds is 10. The Hall–Kier alpha value is -4.18. The van der Waals surface area contributed by atoms with Crippen LogP contribution in [0, 0.1) is 17.8 Å². The van der Waals surface area contributed by atoms with Crippen LogP contribution in [0.15, 0.2) is 76.5 Å². The number of allylic oxidation sites excluding steroid dienone is 5. The van der Waals surface area contributed by atoms with E-state index in [1.54, 1.807) is 42.2 Å². The number of carbonyl (C=O) groups is 3. The maximum atomic E-state index is 14.1. The zero-order chi connectivity index (χ0) is 34.5. The van der Waals surface area contributed by atoms with Crippen LogP contribution in [0.25, 0.3) is 0 Å². The molecule has 0 amide bonds. The summed E-state index contributed by atoms with van der Waals surface area (Å²) in [7, 11) is -4.25. The van der Waals surface area contributed by atoms with Crippen LogP contribution in [0.1, 0.15) is 82.9 Å². The van der Waals surface area contributed by atoms with Crippen molar-refractivity contribution >= 4 is 27.7 Å². The number of carboxylic acids is 1. The first kappa shape index (κ1) is 34.2. The Labute approximate surface area is 277 Å². The van der Waals surface area contributed by atoms with Crippen LogP contribution in [0.3, 0.4) is 0 Å². The van der Waals surface area contributed by atoms with Gasteiger partial charge in [-0.05, 0) is 67.7 Å². The van der Waals surface area contributed by atoms with E-state index in [1.807, 2.05) is 34.6 Å². The van der Waals surface area contributed by atoms with Crippen molar-refractivity contribution in [1.82, 2.24) is 4.90 Å². The first-order valence-corrected chi connectivity index (χ1v) is 17.3. The molecule has 1 heterocycles. The van der Waals surface area contributed by atoms with E-state index in [0.29, 0.717) is 46.5 Å². The highest BCUT2D eigenvalue weighted by Crippen LogP contribution is 2.55. The van der Waals surface area contributed by atoms with Crippen molar-refractivity contribution < 1.29 is 36.8 Å². The molecule has 10 heteroatoms. The molecule has 0 bridgehead atoms. The molecule has 0 spiro atoms. The predicted molar refractivity (Wildman–Crippen MR) is 178 cm³/mol. The summed E-state index contributed by atoms with van der Waals surface area (Å²) in [5.74, 6) is -1.98. The quantitative estimate of drug-likeness (QED) is 0.220. The topological polar surface area (TPSA) is 127 Å². The van der Waals surface area contributed by atoms with Crippen LogP contribution in [0.4, 0.5) is 0 Å². The number of carbonyl (C=O) groups excluding carboxylic acids is 2. The smallest absolute Gasteiger partial charge is 0.339 e. The number of aliphatic carboxylic acids is 1. The molecule has 1 aliphatic heterocycles. The number of ketones is 2. The molecule has 2 aromatic rings. The summed E-state index contributed by atoms with van der Waals surface area (Å²) in [6.07, 6.45) is 3.21. The number of Topliss-reactive ketones (excluding diaryl/α,β-unsaturated/α-hetero) is 2. The minimum Gasteiger partial charge on any atom is -0.490 e. The Morgan fingerprint density at radius 1 is 0.979 bits per heavy atom. The average Bonchev–Trinajstić information content (AvgIpc) is 2.94.